The summed E-state index contributed by atoms with van der Waals surface area (Å²) in [5.74, 6) is -0.0934. The topological polar surface area (TPSA) is 55.2 Å². The van der Waals surface area contributed by atoms with Crippen molar-refractivity contribution in [3.63, 3.8) is 0 Å². The first-order valence-corrected chi connectivity index (χ1v) is 11.5. The molecule has 8 heteroatoms. The molecule has 0 aliphatic heterocycles. The van der Waals surface area contributed by atoms with Crippen molar-refractivity contribution >= 4 is 54.7 Å². The Hall–Kier alpha value is -1.51. The fraction of sp³-hybridized carbons (Fsp3) is 0.421. The van der Waals surface area contributed by atoms with E-state index in [2.05, 4.69) is 20.9 Å². The van der Waals surface area contributed by atoms with Gasteiger partial charge in [-0.1, -0.05) is 6.42 Å². The number of amides is 1. The number of carbonyl (C=O) groups is 1. The molecule has 4 rings (SSSR count). The van der Waals surface area contributed by atoms with Crippen LogP contribution in [0.3, 0.4) is 0 Å². The first-order valence-electron chi connectivity index (χ1n) is 8.99. The zero-order valence-electron chi connectivity index (χ0n) is 15.0. The van der Waals surface area contributed by atoms with Gasteiger partial charge in [-0.2, -0.15) is 0 Å². The Labute approximate surface area is 173 Å². The van der Waals surface area contributed by atoms with E-state index in [1.807, 2.05) is 11.4 Å². The summed E-state index contributed by atoms with van der Waals surface area (Å²) < 4.78 is 2.48. The molecule has 0 bridgehead atoms. The predicted molar refractivity (Wildman–Crippen MR) is 114 cm³/mol. The van der Waals surface area contributed by atoms with Crippen LogP contribution in [-0.2, 0) is 30.7 Å². The highest BCUT2D eigenvalue weighted by Gasteiger charge is 2.20. The maximum atomic E-state index is 13.0. The number of halogens is 1. The van der Waals surface area contributed by atoms with Crippen molar-refractivity contribution in [2.75, 3.05) is 7.05 Å². The second-order valence-corrected chi connectivity index (χ2v) is 9.90. The van der Waals surface area contributed by atoms with Crippen LogP contribution in [0.25, 0.3) is 10.2 Å². The lowest BCUT2D eigenvalue weighted by molar-refractivity contribution is -0.131. The van der Waals surface area contributed by atoms with Crippen LogP contribution in [0.1, 0.15) is 34.6 Å². The minimum absolute atomic E-state index is 0.0233. The van der Waals surface area contributed by atoms with Crippen molar-refractivity contribution in [1.29, 1.82) is 0 Å². The van der Waals surface area contributed by atoms with E-state index in [9.17, 15) is 9.59 Å². The van der Waals surface area contributed by atoms with E-state index in [1.165, 1.54) is 34.2 Å². The monoisotopic (exact) mass is 465 g/mol. The second-order valence-electron chi connectivity index (χ2n) is 6.90. The van der Waals surface area contributed by atoms with E-state index < -0.39 is 0 Å². The molecule has 1 aliphatic carbocycles. The first-order chi connectivity index (χ1) is 13.0. The van der Waals surface area contributed by atoms with Crippen molar-refractivity contribution in [3.8, 4) is 0 Å². The molecule has 1 amide bonds. The summed E-state index contributed by atoms with van der Waals surface area (Å²) in [5.41, 5.74) is 1.09. The Balaban J connectivity index is 1.58. The Morgan fingerprint density at radius 1 is 1.33 bits per heavy atom. The maximum Gasteiger partial charge on any atom is 0.262 e. The van der Waals surface area contributed by atoms with Crippen LogP contribution in [0.15, 0.2) is 27.0 Å². The van der Waals surface area contributed by atoms with Crippen molar-refractivity contribution < 1.29 is 4.79 Å². The lowest BCUT2D eigenvalue weighted by atomic mass is 10.1. The Bertz CT molecular complexity index is 1050. The number of likely N-dealkylation sites (N-methyl/N-ethyl adjacent to an activating group) is 1. The third-order valence-electron chi connectivity index (χ3n) is 4.94. The molecule has 142 valence electrons. The van der Waals surface area contributed by atoms with Crippen LogP contribution < -0.4 is 5.56 Å². The van der Waals surface area contributed by atoms with Crippen molar-refractivity contribution in [2.24, 2.45) is 0 Å². The van der Waals surface area contributed by atoms with Gasteiger partial charge in [0.1, 0.15) is 11.4 Å². The van der Waals surface area contributed by atoms with Gasteiger partial charge in [-0.15, -0.1) is 22.7 Å². The van der Waals surface area contributed by atoms with Gasteiger partial charge in [0.25, 0.3) is 5.56 Å². The number of aromatic nitrogens is 2. The summed E-state index contributed by atoms with van der Waals surface area (Å²) in [5, 5.41) is 2.73. The predicted octanol–water partition coefficient (Wildman–Crippen LogP) is 4.21. The van der Waals surface area contributed by atoms with Gasteiger partial charge in [0, 0.05) is 26.7 Å². The van der Waals surface area contributed by atoms with Gasteiger partial charge in [-0.3, -0.25) is 14.2 Å². The molecule has 0 atom stereocenters. The van der Waals surface area contributed by atoms with E-state index in [-0.39, 0.29) is 18.0 Å². The van der Waals surface area contributed by atoms with Gasteiger partial charge < -0.3 is 4.90 Å². The van der Waals surface area contributed by atoms with Crippen LogP contribution in [-0.4, -0.2) is 27.4 Å². The van der Waals surface area contributed by atoms with E-state index in [0.29, 0.717) is 6.54 Å². The number of rotatable bonds is 4. The summed E-state index contributed by atoms with van der Waals surface area (Å²) in [4.78, 5) is 35.0. The number of carbonyl (C=O) groups excluding carboxylic acids is 1. The number of aryl methyl sites for hydroxylation is 2. The summed E-state index contributed by atoms with van der Waals surface area (Å²) in [6.45, 7) is 0.558. The molecule has 0 N–H and O–H groups in total. The molecule has 0 saturated carbocycles. The highest BCUT2D eigenvalue weighted by atomic mass is 79.9. The van der Waals surface area contributed by atoms with Gasteiger partial charge in [-0.05, 0) is 53.2 Å². The summed E-state index contributed by atoms with van der Waals surface area (Å²) >= 11 is 6.68. The Morgan fingerprint density at radius 3 is 2.93 bits per heavy atom. The molecule has 1 aliphatic rings. The molecule has 3 aromatic rings. The minimum Gasteiger partial charge on any atom is -0.339 e. The van der Waals surface area contributed by atoms with Crippen LogP contribution in [0.5, 0.6) is 0 Å². The summed E-state index contributed by atoms with van der Waals surface area (Å²) in [7, 11) is 1.77. The third kappa shape index (κ3) is 3.88. The number of nitrogens with zero attached hydrogens (tertiary/aromatic N) is 3. The van der Waals surface area contributed by atoms with Crippen molar-refractivity contribution in [2.45, 2.75) is 45.2 Å². The molecule has 27 heavy (non-hydrogen) atoms. The lowest BCUT2D eigenvalue weighted by Crippen LogP contribution is -2.33. The largest absolute Gasteiger partial charge is 0.339 e. The second kappa shape index (κ2) is 7.85. The zero-order valence-corrected chi connectivity index (χ0v) is 18.3. The van der Waals surface area contributed by atoms with Crippen molar-refractivity contribution in [1.82, 2.24) is 14.5 Å². The van der Waals surface area contributed by atoms with E-state index >= 15 is 0 Å². The van der Waals surface area contributed by atoms with Gasteiger partial charge in [0.05, 0.1) is 18.3 Å². The molecular formula is C19H20BrN3O2S2. The standard InChI is InChI=1S/C19H20BrN3O2S2/c1-22(8-13-7-12(20)10-26-13)16(24)9-23-11-21-18-17(19(23)25)14-5-3-2-4-6-15(14)27-18/h7,10-11H,2-6,8-9H2,1H3. The quantitative estimate of drug-likeness (QED) is 0.542. The number of hydrogen-bond acceptors (Lipinski definition) is 5. The highest BCUT2D eigenvalue weighted by molar-refractivity contribution is 9.10. The molecular weight excluding hydrogens is 446 g/mol. The number of fused-ring (bicyclic) bond motifs is 3. The molecule has 3 heterocycles. The molecule has 0 radical (unpaired) electrons. The van der Waals surface area contributed by atoms with E-state index in [4.69, 9.17) is 0 Å². The fourth-order valence-corrected chi connectivity index (χ4v) is 6.22. The van der Waals surface area contributed by atoms with Crippen LogP contribution in [0.2, 0.25) is 0 Å². The molecule has 3 aromatic heterocycles. The SMILES string of the molecule is CN(Cc1cc(Br)cs1)C(=O)Cn1cnc2sc3c(c2c1=O)CCCCC3. The minimum atomic E-state index is -0.0934. The van der Waals surface area contributed by atoms with Gasteiger partial charge >= 0.3 is 0 Å². The number of hydrogen-bond donors (Lipinski definition) is 0. The lowest BCUT2D eigenvalue weighted by Gasteiger charge is -2.17. The molecule has 0 saturated heterocycles. The average Bonchev–Trinajstić information content (AvgIpc) is 3.13. The normalized spacial score (nSPS) is 14.1. The molecule has 0 unspecified atom stereocenters. The van der Waals surface area contributed by atoms with Gasteiger partial charge in [0.2, 0.25) is 5.91 Å². The summed E-state index contributed by atoms with van der Waals surface area (Å²) in [6.07, 6.45) is 7.00. The first kappa shape index (κ1) is 18.8. The van der Waals surface area contributed by atoms with Crippen LogP contribution in [0, 0.1) is 0 Å². The molecule has 0 fully saturated rings. The van der Waals surface area contributed by atoms with Crippen molar-refractivity contribution in [3.05, 3.63) is 47.9 Å². The zero-order chi connectivity index (χ0) is 19.0. The fourth-order valence-electron chi connectivity index (χ4n) is 3.50. The molecule has 0 aromatic carbocycles. The van der Waals surface area contributed by atoms with E-state index in [1.54, 1.807) is 34.6 Å². The van der Waals surface area contributed by atoms with Crippen LogP contribution >= 0.6 is 38.6 Å². The Kier molecular flexibility index (Phi) is 5.48. The van der Waals surface area contributed by atoms with E-state index in [0.717, 1.165) is 38.8 Å². The van der Waals surface area contributed by atoms with Crippen LogP contribution in [0.4, 0.5) is 0 Å². The van der Waals surface area contributed by atoms with Gasteiger partial charge in [0.15, 0.2) is 0 Å². The smallest absolute Gasteiger partial charge is 0.262 e. The molecule has 5 nitrogen and oxygen atoms in total. The number of thiophene rings is 2. The highest BCUT2D eigenvalue weighted by Crippen LogP contribution is 2.32. The average molecular weight is 466 g/mol. The molecule has 0 spiro atoms. The van der Waals surface area contributed by atoms with Gasteiger partial charge in [-0.25, -0.2) is 4.98 Å². The summed E-state index contributed by atoms with van der Waals surface area (Å²) in [6, 6.07) is 2.01. The Morgan fingerprint density at radius 2 is 2.15 bits per heavy atom. The maximum absolute atomic E-state index is 13.0. The third-order valence-corrected chi connectivity index (χ3v) is 7.82.